The largest absolute Gasteiger partial charge is 0.0617 e. The van der Waals surface area contributed by atoms with Crippen LogP contribution in [-0.2, 0) is 0 Å². The highest BCUT2D eigenvalue weighted by Gasteiger charge is 1.99. The van der Waals surface area contributed by atoms with Crippen molar-refractivity contribution in [3.63, 3.8) is 0 Å². The fourth-order valence-electron chi connectivity index (χ4n) is 2.45. The monoisotopic (exact) mass is 296 g/mol. The van der Waals surface area contributed by atoms with Gasteiger partial charge in [-0.3, -0.25) is 0 Å². The van der Waals surface area contributed by atoms with Gasteiger partial charge >= 0.3 is 0 Å². The van der Waals surface area contributed by atoms with Crippen molar-refractivity contribution in [1.29, 1.82) is 0 Å². The van der Waals surface area contributed by atoms with E-state index in [4.69, 9.17) is 0 Å². The first-order valence-electron chi connectivity index (χ1n) is 7.88. The van der Waals surface area contributed by atoms with Gasteiger partial charge in [-0.15, -0.1) is 0 Å². The predicted octanol–water partition coefficient (Wildman–Crippen LogP) is 5.68. The van der Waals surface area contributed by atoms with Crippen LogP contribution in [0.15, 0.2) is 66.7 Å². The zero-order valence-electron chi connectivity index (χ0n) is 13.9. The summed E-state index contributed by atoms with van der Waals surface area (Å²) in [6.45, 7) is 6.38. The van der Waals surface area contributed by atoms with Crippen LogP contribution in [-0.4, -0.2) is 0 Å². The summed E-state index contributed by atoms with van der Waals surface area (Å²) in [6.07, 6.45) is 0. The molecule has 0 aliphatic rings. The molecule has 0 bridgehead atoms. The molecule has 0 amide bonds. The summed E-state index contributed by atoms with van der Waals surface area (Å²) in [4.78, 5) is 0. The van der Waals surface area contributed by atoms with Gasteiger partial charge in [-0.25, -0.2) is 0 Å². The van der Waals surface area contributed by atoms with Gasteiger partial charge in [-0.2, -0.15) is 0 Å². The SMILES string of the molecule is Cc1ccc(C#Cc2ccc(-c3ccc(C)c(C)c3)cc2)cc1. The molecule has 0 heteroatoms. The molecule has 0 saturated heterocycles. The quantitative estimate of drug-likeness (QED) is 0.507. The molecular formula is C23H20. The fraction of sp³-hybridized carbons (Fsp3) is 0.130. The third kappa shape index (κ3) is 3.71. The van der Waals surface area contributed by atoms with E-state index in [0.29, 0.717) is 0 Å². The van der Waals surface area contributed by atoms with E-state index in [1.54, 1.807) is 0 Å². The first-order chi connectivity index (χ1) is 11.1. The van der Waals surface area contributed by atoms with Crippen LogP contribution in [0.5, 0.6) is 0 Å². The molecular weight excluding hydrogens is 276 g/mol. The van der Waals surface area contributed by atoms with E-state index in [-0.39, 0.29) is 0 Å². The number of hydrogen-bond acceptors (Lipinski definition) is 0. The number of aryl methyl sites for hydroxylation is 3. The lowest BCUT2D eigenvalue weighted by Crippen LogP contribution is -1.84. The highest BCUT2D eigenvalue weighted by molar-refractivity contribution is 5.65. The Morgan fingerprint density at radius 2 is 1.04 bits per heavy atom. The summed E-state index contributed by atoms with van der Waals surface area (Å²) < 4.78 is 0. The van der Waals surface area contributed by atoms with Crippen LogP contribution in [0.4, 0.5) is 0 Å². The van der Waals surface area contributed by atoms with Crippen LogP contribution in [0.2, 0.25) is 0 Å². The Hall–Kier alpha value is -2.78. The van der Waals surface area contributed by atoms with Gasteiger partial charge in [-0.1, -0.05) is 59.9 Å². The van der Waals surface area contributed by atoms with Gasteiger partial charge in [0, 0.05) is 11.1 Å². The van der Waals surface area contributed by atoms with Gasteiger partial charge in [0.25, 0.3) is 0 Å². The van der Waals surface area contributed by atoms with E-state index >= 15 is 0 Å². The summed E-state index contributed by atoms with van der Waals surface area (Å²) in [7, 11) is 0. The molecule has 0 atom stereocenters. The smallest absolute Gasteiger partial charge is 0.0249 e. The summed E-state index contributed by atoms with van der Waals surface area (Å²) >= 11 is 0. The van der Waals surface area contributed by atoms with Gasteiger partial charge < -0.3 is 0 Å². The topological polar surface area (TPSA) is 0 Å². The zero-order chi connectivity index (χ0) is 16.2. The van der Waals surface area contributed by atoms with Crippen LogP contribution in [0.25, 0.3) is 11.1 Å². The van der Waals surface area contributed by atoms with E-state index < -0.39 is 0 Å². The van der Waals surface area contributed by atoms with Crippen LogP contribution < -0.4 is 0 Å². The Morgan fingerprint density at radius 3 is 1.61 bits per heavy atom. The average Bonchev–Trinajstić information content (AvgIpc) is 2.57. The lowest BCUT2D eigenvalue weighted by Gasteiger charge is -2.05. The first-order valence-corrected chi connectivity index (χ1v) is 7.88. The zero-order valence-corrected chi connectivity index (χ0v) is 13.9. The number of benzene rings is 3. The molecule has 3 rings (SSSR count). The highest BCUT2D eigenvalue weighted by atomic mass is 14.0. The lowest BCUT2D eigenvalue weighted by atomic mass is 10.00. The molecule has 0 saturated carbocycles. The maximum Gasteiger partial charge on any atom is 0.0249 e. The predicted molar refractivity (Wildman–Crippen MR) is 98.5 cm³/mol. The Morgan fingerprint density at radius 1 is 0.522 bits per heavy atom. The minimum atomic E-state index is 1.04. The molecule has 0 N–H and O–H groups in total. The summed E-state index contributed by atoms with van der Waals surface area (Å²) in [5.74, 6) is 6.44. The fourth-order valence-corrected chi connectivity index (χ4v) is 2.45. The molecule has 0 nitrogen and oxygen atoms in total. The standard InChI is InChI=1S/C23H20/c1-17-4-7-20(8-5-17)9-10-21-11-14-22(15-12-21)23-13-6-18(2)19(3)16-23/h4-8,11-16H,1-3H3. The Labute approximate surface area is 138 Å². The van der Waals surface area contributed by atoms with Gasteiger partial charge in [0.05, 0.1) is 0 Å². The van der Waals surface area contributed by atoms with E-state index in [1.165, 1.54) is 27.8 Å². The van der Waals surface area contributed by atoms with E-state index in [2.05, 4.69) is 99.3 Å². The van der Waals surface area contributed by atoms with Crippen molar-refractivity contribution in [2.24, 2.45) is 0 Å². The van der Waals surface area contributed by atoms with Gasteiger partial charge in [0.2, 0.25) is 0 Å². The molecule has 0 spiro atoms. The van der Waals surface area contributed by atoms with E-state index in [9.17, 15) is 0 Å². The molecule has 112 valence electrons. The summed E-state index contributed by atoms with van der Waals surface area (Å²) in [5, 5.41) is 0. The summed E-state index contributed by atoms with van der Waals surface area (Å²) in [6, 6.07) is 23.4. The molecule has 3 aromatic carbocycles. The van der Waals surface area contributed by atoms with Crippen molar-refractivity contribution in [3.8, 4) is 23.0 Å². The Bertz CT molecular complexity index is 870. The second-order valence-corrected chi connectivity index (χ2v) is 5.99. The summed E-state index contributed by atoms with van der Waals surface area (Å²) in [5.41, 5.74) is 8.49. The van der Waals surface area contributed by atoms with Gasteiger partial charge in [0.15, 0.2) is 0 Å². The van der Waals surface area contributed by atoms with E-state index in [0.717, 1.165) is 11.1 Å². The molecule has 23 heavy (non-hydrogen) atoms. The molecule has 0 aromatic heterocycles. The van der Waals surface area contributed by atoms with E-state index in [1.807, 2.05) is 0 Å². The van der Waals surface area contributed by atoms with Crippen molar-refractivity contribution in [1.82, 2.24) is 0 Å². The van der Waals surface area contributed by atoms with Crippen molar-refractivity contribution in [2.75, 3.05) is 0 Å². The van der Waals surface area contributed by atoms with Gasteiger partial charge in [0.1, 0.15) is 0 Å². The van der Waals surface area contributed by atoms with Crippen molar-refractivity contribution >= 4 is 0 Å². The number of hydrogen-bond donors (Lipinski definition) is 0. The second kappa shape index (κ2) is 6.55. The van der Waals surface area contributed by atoms with Crippen molar-refractivity contribution in [3.05, 3.63) is 94.5 Å². The Kier molecular flexibility index (Phi) is 4.31. The maximum atomic E-state index is 3.23. The minimum Gasteiger partial charge on any atom is -0.0617 e. The van der Waals surface area contributed by atoms with Crippen LogP contribution in [0.1, 0.15) is 27.8 Å². The highest BCUT2D eigenvalue weighted by Crippen LogP contribution is 2.22. The van der Waals surface area contributed by atoms with Crippen molar-refractivity contribution in [2.45, 2.75) is 20.8 Å². The molecule has 0 unspecified atom stereocenters. The van der Waals surface area contributed by atoms with Crippen molar-refractivity contribution < 1.29 is 0 Å². The third-order valence-corrected chi connectivity index (χ3v) is 4.13. The normalized spacial score (nSPS) is 10.0. The number of rotatable bonds is 1. The molecule has 0 radical (unpaired) electrons. The Balaban J connectivity index is 1.82. The van der Waals surface area contributed by atoms with Crippen LogP contribution in [0.3, 0.4) is 0 Å². The lowest BCUT2D eigenvalue weighted by molar-refractivity contribution is 1.34. The van der Waals surface area contributed by atoms with Crippen LogP contribution in [0, 0.1) is 32.6 Å². The second-order valence-electron chi connectivity index (χ2n) is 5.99. The van der Waals surface area contributed by atoms with Crippen LogP contribution >= 0.6 is 0 Å². The maximum absolute atomic E-state index is 3.23. The average molecular weight is 296 g/mol. The molecule has 0 fully saturated rings. The minimum absolute atomic E-state index is 1.04. The third-order valence-electron chi connectivity index (χ3n) is 4.13. The molecule has 3 aromatic rings. The molecule has 0 aliphatic heterocycles. The van der Waals surface area contributed by atoms with Gasteiger partial charge in [-0.05, 0) is 67.3 Å². The first kappa shape index (κ1) is 15.1. The molecule has 0 heterocycles. The molecule has 0 aliphatic carbocycles.